The SMILES string of the molecule is O=C(C=Cc1ccccc1Cl)N1CCN(Cc2ccc(F)c(F)c2)CC1. The van der Waals surface area contributed by atoms with Crippen LogP contribution in [0, 0.1) is 11.6 Å². The van der Waals surface area contributed by atoms with Gasteiger partial charge >= 0.3 is 0 Å². The molecule has 3 nitrogen and oxygen atoms in total. The van der Waals surface area contributed by atoms with Crippen LogP contribution in [0.4, 0.5) is 8.78 Å². The monoisotopic (exact) mass is 376 g/mol. The zero-order chi connectivity index (χ0) is 18.5. The van der Waals surface area contributed by atoms with E-state index in [0.717, 1.165) is 17.2 Å². The fourth-order valence-corrected chi connectivity index (χ4v) is 3.10. The average molecular weight is 377 g/mol. The molecule has 1 amide bonds. The Bertz CT molecular complexity index is 817. The van der Waals surface area contributed by atoms with E-state index in [1.54, 1.807) is 23.1 Å². The lowest BCUT2D eigenvalue weighted by molar-refractivity contribution is -0.127. The summed E-state index contributed by atoms with van der Waals surface area (Å²) in [6.45, 7) is 3.09. The number of amides is 1. The topological polar surface area (TPSA) is 23.6 Å². The van der Waals surface area contributed by atoms with Crippen molar-refractivity contribution in [1.29, 1.82) is 0 Å². The van der Waals surface area contributed by atoms with Crippen LogP contribution >= 0.6 is 11.6 Å². The largest absolute Gasteiger partial charge is 0.337 e. The van der Waals surface area contributed by atoms with Crippen LogP contribution < -0.4 is 0 Å². The maximum Gasteiger partial charge on any atom is 0.246 e. The lowest BCUT2D eigenvalue weighted by Crippen LogP contribution is -2.47. The number of hydrogen-bond acceptors (Lipinski definition) is 2. The Balaban J connectivity index is 1.52. The van der Waals surface area contributed by atoms with E-state index in [1.165, 1.54) is 12.1 Å². The van der Waals surface area contributed by atoms with E-state index in [0.29, 0.717) is 37.7 Å². The van der Waals surface area contributed by atoms with Crippen molar-refractivity contribution in [2.75, 3.05) is 26.2 Å². The molecule has 0 unspecified atom stereocenters. The molecule has 0 atom stereocenters. The van der Waals surface area contributed by atoms with Crippen molar-refractivity contribution in [2.24, 2.45) is 0 Å². The van der Waals surface area contributed by atoms with Gasteiger partial charge in [0.05, 0.1) is 0 Å². The van der Waals surface area contributed by atoms with Crippen molar-refractivity contribution in [2.45, 2.75) is 6.54 Å². The van der Waals surface area contributed by atoms with Gasteiger partial charge in [0.2, 0.25) is 5.91 Å². The third-order valence-corrected chi connectivity index (χ3v) is 4.73. The standard InChI is InChI=1S/C20H19ClF2N2O/c21-17-4-2-1-3-16(17)6-8-20(26)25-11-9-24(10-12-25)14-15-5-7-18(22)19(23)13-15/h1-8,13H,9-12,14H2. The van der Waals surface area contributed by atoms with E-state index >= 15 is 0 Å². The summed E-state index contributed by atoms with van der Waals surface area (Å²) in [5.41, 5.74) is 1.53. The molecule has 1 aliphatic rings. The average Bonchev–Trinajstić information content (AvgIpc) is 2.64. The number of benzene rings is 2. The molecular weight excluding hydrogens is 358 g/mol. The Kier molecular flexibility index (Phi) is 6.01. The van der Waals surface area contributed by atoms with Crippen LogP contribution in [0.15, 0.2) is 48.5 Å². The minimum absolute atomic E-state index is 0.0580. The predicted molar refractivity (Wildman–Crippen MR) is 98.7 cm³/mol. The van der Waals surface area contributed by atoms with Gasteiger partial charge in [-0.3, -0.25) is 9.69 Å². The predicted octanol–water partition coefficient (Wildman–Crippen LogP) is 3.98. The maximum atomic E-state index is 13.3. The van der Waals surface area contributed by atoms with Crippen molar-refractivity contribution in [3.63, 3.8) is 0 Å². The molecule has 1 heterocycles. The number of rotatable bonds is 4. The summed E-state index contributed by atoms with van der Waals surface area (Å²) >= 11 is 6.08. The molecule has 136 valence electrons. The second-order valence-electron chi connectivity index (χ2n) is 6.20. The number of carbonyl (C=O) groups is 1. The van der Waals surface area contributed by atoms with Crippen LogP contribution in [0.3, 0.4) is 0 Å². The molecule has 0 N–H and O–H groups in total. The molecular formula is C20H19ClF2N2O. The summed E-state index contributed by atoms with van der Waals surface area (Å²) in [4.78, 5) is 16.2. The van der Waals surface area contributed by atoms with Gasteiger partial charge in [0.25, 0.3) is 0 Å². The number of carbonyl (C=O) groups excluding carboxylic acids is 1. The first-order valence-corrected chi connectivity index (χ1v) is 8.78. The highest BCUT2D eigenvalue weighted by Gasteiger charge is 2.20. The molecule has 6 heteroatoms. The van der Waals surface area contributed by atoms with Crippen LogP contribution in [0.5, 0.6) is 0 Å². The van der Waals surface area contributed by atoms with Gasteiger partial charge in [0, 0.05) is 43.8 Å². The van der Waals surface area contributed by atoms with Gasteiger partial charge in [-0.05, 0) is 35.4 Å². The Labute approximate surface area is 156 Å². The molecule has 26 heavy (non-hydrogen) atoms. The summed E-state index contributed by atoms with van der Waals surface area (Å²) in [6, 6.07) is 11.3. The van der Waals surface area contributed by atoms with E-state index < -0.39 is 11.6 Å². The summed E-state index contributed by atoms with van der Waals surface area (Å²) in [5, 5.41) is 0.605. The molecule has 0 aromatic heterocycles. The molecule has 1 fully saturated rings. The lowest BCUT2D eigenvalue weighted by atomic mass is 10.2. The molecule has 0 bridgehead atoms. The van der Waals surface area contributed by atoms with Crippen molar-refractivity contribution < 1.29 is 13.6 Å². The van der Waals surface area contributed by atoms with Crippen LogP contribution in [0.25, 0.3) is 6.08 Å². The van der Waals surface area contributed by atoms with Crippen LogP contribution in [-0.2, 0) is 11.3 Å². The van der Waals surface area contributed by atoms with Crippen molar-refractivity contribution in [1.82, 2.24) is 9.80 Å². The molecule has 0 aliphatic carbocycles. The number of hydrogen-bond donors (Lipinski definition) is 0. The summed E-state index contributed by atoms with van der Waals surface area (Å²) in [6.07, 6.45) is 3.25. The Morgan fingerprint density at radius 2 is 1.77 bits per heavy atom. The van der Waals surface area contributed by atoms with Gasteiger partial charge < -0.3 is 4.90 Å². The molecule has 0 radical (unpaired) electrons. The van der Waals surface area contributed by atoms with Gasteiger partial charge in [0.15, 0.2) is 11.6 Å². The first kappa shape index (κ1) is 18.5. The minimum atomic E-state index is -0.838. The smallest absolute Gasteiger partial charge is 0.246 e. The van der Waals surface area contributed by atoms with Crippen molar-refractivity contribution in [3.8, 4) is 0 Å². The Morgan fingerprint density at radius 3 is 2.46 bits per heavy atom. The van der Waals surface area contributed by atoms with E-state index in [1.807, 2.05) is 18.2 Å². The first-order valence-electron chi connectivity index (χ1n) is 8.41. The fraction of sp³-hybridized carbons (Fsp3) is 0.250. The van der Waals surface area contributed by atoms with Crippen LogP contribution in [0.2, 0.25) is 5.02 Å². The van der Waals surface area contributed by atoms with Gasteiger partial charge in [-0.25, -0.2) is 8.78 Å². The second kappa shape index (κ2) is 8.43. The molecule has 0 spiro atoms. The summed E-state index contributed by atoms with van der Waals surface area (Å²) in [5.74, 6) is -1.73. The number of piperazine rings is 1. The summed E-state index contributed by atoms with van der Waals surface area (Å²) in [7, 11) is 0. The highest BCUT2D eigenvalue weighted by atomic mass is 35.5. The minimum Gasteiger partial charge on any atom is -0.337 e. The van der Waals surface area contributed by atoms with Crippen molar-refractivity contribution >= 4 is 23.6 Å². The Hall–Kier alpha value is -2.24. The number of halogens is 3. The molecule has 0 saturated carbocycles. The fourth-order valence-electron chi connectivity index (χ4n) is 2.90. The number of nitrogens with zero attached hydrogens (tertiary/aromatic N) is 2. The molecule has 3 rings (SSSR count). The highest BCUT2D eigenvalue weighted by molar-refractivity contribution is 6.32. The van der Waals surface area contributed by atoms with Gasteiger partial charge in [-0.1, -0.05) is 35.9 Å². The normalized spacial score (nSPS) is 15.6. The highest BCUT2D eigenvalue weighted by Crippen LogP contribution is 2.17. The van der Waals surface area contributed by atoms with Crippen molar-refractivity contribution in [3.05, 3.63) is 76.3 Å². The van der Waals surface area contributed by atoms with E-state index in [9.17, 15) is 13.6 Å². The third-order valence-electron chi connectivity index (χ3n) is 4.38. The summed E-state index contributed by atoms with van der Waals surface area (Å²) < 4.78 is 26.3. The van der Waals surface area contributed by atoms with Gasteiger partial charge in [0.1, 0.15) is 0 Å². The molecule has 2 aromatic rings. The van der Waals surface area contributed by atoms with E-state index in [-0.39, 0.29) is 5.91 Å². The second-order valence-corrected chi connectivity index (χ2v) is 6.61. The zero-order valence-electron chi connectivity index (χ0n) is 14.2. The molecule has 2 aromatic carbocycles. The first-order chi connectivity index (χ1) is 12.5. The molecule has 1 aliphatic heterocycles. The van der Waals surface area contributed by atoms with Crippen LogP contribution in [-0.4, -0.2) is 41.9 Å². The molecule has 1 saturated heterocycles. The quantitative estimate of drug-likeness (QED) is 0.754. The van der Waals surface area contributed by atoms with Gasteiger partial charge in [-0.2, -0.15) is 0 Å². The maximum absolute atomic E-state index is 13.3. The third kappa shape index (κ3) is 4.68. The Morgan fingerprint density at radius 1 is 1.04 bits per heavy atom. The lowest BCUT2D eigenvalue weighted by Gasteiger charge is -2.34. The van der Waals surface area contributed by atoms with Crippen LogP contribution in [0.1, 0.15) is 11.1 Å². The van der Waals surface area contributed by atoms with E-state index in [2.05, 4.69) is 4.90 Å². The van der Waals surface area contributed by atoms with E-state index in [4.69, 9.17) is 11.6 Å². The zero-order valence-corrected chi connectivity index (χ0v) is 14.9. The van der Waals surface area contributed by atoms with Gasteiger partial charge in [-0.15, -0.1) is 0 Å².